The van der Waals surface area contributed by atoms with Crippen LogP contribution >= 0.6 is 11.6 Å². The zero-order chi connectivity index (χ0) is 24.7. The van der Waals surface area contributed by atoms with Gasteiger partial charge in [-0.15, -0.1) is 0 Å². The summed E-state index contributed by atoms with van der Waals surface area (Å²) in [5.74, 6) is -6.18. The predicted octanol–water partition coefficient (Wildman–Crippen LogP) is 2.63. The Bertz CT molecular complexity index is 1310. The Morgan fingerprint density at radius 1 is 1.23 bits per heavy atom. The fraction of sp³-hybridized carbons (Fsp3) is 0.333. The highest BCUT2D eigenvalue weighted by atomic mass is 35.5. The van der Waals surface area contributed by atoms with Gasteiger partial charge in [-0.25, -0.2) is 4.98 Å². The molecule has 4 heterocycles. The summed E-state index contributed by atoms with van der Waals surface area (Å²) in [7, 11) is 0. The van der Waals surface area contributed by atoms with Crippen LogP contribution in [0.3, 0.4) is 0 Å². The van der Waals surface area contributed by atoms with Gasteiger partial charge in [0, 0.05) is 30.2 Å². The van der Waals surface area contributed by atoms with E-state index in [-0.39, 0.29) is 18.4 Å². The van der Waals surface area contributed by atoms with Gasteiger partial charge in [-0.2, -0.15) is 8.78 Å². The number of hydrogen-bond acceptors (Lipinski definition) is 4. The maximum Gasteiger partial charge on any atom is 0.327 e. The van der Waals surface area contributed by atoms with E-state index >= 15 is 0 Å². The summed E-state index contributed by atoms with van der Waals surface area (Å²) in [5, 5.41) is 5.40. The summed E-state index contributed by atoms with van der Waals surface area (Å²) in [6.07, 6.45) is 4.62. The number of nitrogens with one attached hydrogen (secondary N) is 2. The third kappa shape index (κ3) is 4.45. The van der Waals surface area contributed by atoms with Gasteiger partial charge in [0.2, 0.25) is 5.91 Å². The van der Waals surface area contributed by atoms with Gasteiger partial charge in [0.25, 0.3) is 11.8 Å². The topological polar surface area (TPSA) is 95.8 Å². The molecule has 5 rings (SSSR count). The number of likely N-dealkylation sites (tertiary alicyclic amines) is 1. The van der Waals surface area contributed by atoms with E-state index in [1.807, 2.05) is 6.07 Å². The van der Waals surface area contributed by atoms with Crippen LogP contribution in [0.4, 0.5) is 8.78 Å². The minimum Gasteiger partial charge on any atom is -0.349 e. The van der Waals surface area contributed by atoms with Crippen LogP contribution < -0.4 is 10.6 Å². The minimum absolute atomic E-state index is 0.161. The van der Waals surface area contributed by atoms with Gasteiger partial charge in [0.15, 0.2) is 0 Å². The van der Waals surface area contributed by atoms with Gasteiger partial charge in [0.1, 0.15) is 6.04 Å². The molecule has 8 nitrogen and oxygen atoms in total. The van der Waals surface area contributed by atoms with E-state index in [0.717, 1.165) is 5.56 Å². The van der Waals surface area contributed by atoms with E-state index < -0.39 is 36.2 Å². The highest BCUT2D eigenvalue weighted by Crippen LogP contribution is 2.32. The lowest BCUT2D eigenvalue weighted by atomic mass is 9.84. The average Bonchev–Trinajstić information content (AvgIpc) is 3.42. The molecule has 35 heavy (non-hydrogen) atoms. The molecule has 2 fully saturated rings. The van der Waals surface area contributed by atoms with Gasteiger partial charge >= 0.3 is 5.92 Å². The molecule has 2 aliphatic heterocycles. The number of amides is 3. The van der Waals surface area contributed by atoms with E-state index in [1.54, 1.807) is 58.4 Å². The van der Waals surface area contributed by atoms with Crippen molar-refractivity contribution in [1.29, 1.82) is 0 Å². The molecular weight excluding hydrogens is 480 g/mol. The number of rotatable bonds is 4. The Kier molecular flexibility index (Phi) is 5.92. The van der Waals surface area contributed by atoms with Crippen molar-refractivity contribution < 1.29 is 23.2 Å². The molecule has 0 bridgehead atoms. The van der Waals surface area contributed by atoms with Crippen LogP contribution in [-0.4, -0.2) is 63.1 Å². The van der Waals surface area contributed by atoms with Crippen molar-refractivity contribution in [2.45, 2.75) is 36.8 Å². The van der Waals surface area contributed by atoms with E-state index in [2.05, 4.69) is 15.6 Å². The SMILES string of the molecule is O=C(N[C@@H]1CN(C(=O)c2cccn3cncc23)CC[C@H]1c1cccc(Cl)c1)[C@@H]1CC(F)(F)C(=O)N1. The predicted molar refractivity (Wildman–Crippen MR) is 123 cm³/mol. The van der Waals surface area contributed by atoms with Gasteiger partial charge in [-0.3, -0.25) is 14.4 Å². The number of carbonyl (C=O) groups is 3. The molecule has 1 aromatic carbocycles. The number of hydrogen-bond donors (Lipinski definition) is 2. The summed E-state index contributed by atoms with van der Waals surface area (Å²) < 4.78 is 29.2. The van der Waals surface area contributed by atoms with Gasteiger partial charge in [0.05, 0.1) is 36.1 Å². The van der Waals surface area contributed by atoms with Crippen molar-refractivity contribution in [2.75, 3.05) is 13.1 Å². The van der Waals surface area contributed by atoms with E-state index in [9.17, 15) is 23.2 Å². The largest absolute Gasteiger partial charge is 0.349 e. The molecule has 2 aliphatic rings. The first-order valence-electron chi connectivity index (χ1n) is 11.2. The monoisotopic (exact) mass is 501 g/mol. The molecule has 0 spiro atoms. The molecule has 0 aliphatic carbocycles. The highest BCUT2D eigenvalue weighted by Gasteiger charge is 2.51. The summed E-state index contributed by atoms with van der Waals surface area (Å²) in [4.78, 5) is 43.5. The van der Waals surface area contributed by atoms with Crippen LogP contribution in [0.15, 0.2) is 55.1 Å². The first-order valence-corrected chi connectivity index (χ1v) is 11.6. The lowest BCUT2D eigenvalue weighted by Crippen LogP contribution is -2.56. The number of pyridine rings is 1. The van der Waals surface area contributed by atoms with Crippen LogP contribution in [0.5, 0.6) is 0 Å². The fourth-order valence-corrected chi connectivity index (χ4v) is 5.02. The summed E-state index contributed by atoms with van der Waals surface area (Å²) >= 11 is 6.18. The number of fused-ring (bicyclic) bond motifs is 1. The molecule has 2 aromatic heterocycles. The minimum atomic E-state index is -3.59. The van der Waals surface area contributed by atoms with Crippen molar-refractivity contribution in [3.8, 4) is 0 Å². The van der Waals surface area contributed by atoms with E-state index in [0.29, 0.717) is 29.1 Å². The lowest BCUT2D eigenvalue weighted by Gasteiger charge is -2.39. The van der Waals surface area contributed by atoms with Crippen molar-refractivity contribution in [3.63, 3.8) is 0 Å². The maximum atomic E-state index is 13.7. The third-order valence-corrected chi connectivity index (χ3v) is 6.84. The van der Waals surface area contributed by atoms with E-state index in [1.165, 1.54) is 0 Å². The van der Waals surface area contributed by atoms with Crippen LogP contribution in [0.2, 0.25) is 5.02 Å². The number of benzene rings is 1. The van der Waals surface area contributed by atoms with Crippen LogP contribution in [0.1, 0.15) is 34.7 Å². The maximum absolute atomic E-state index is 13.7. The second kappa shape index (κ2) is 8.92. The molecule has 182 valence electrons. The van der Waals surface area contributed by atoms with Gasteiger partial charge < -0.3 is 19.9 Å². The standard InChI is InChI=1S/C24H22ClF2N5O3/c25-15-4-1-3-14(9-15)16-6-8-31(22(34)17-5-2-7-32-13-28-11-20(17)32)12-19(16)29-21(33)18-10-24(26,27)23(35)30-18/h1-5,7,9,11,13,16,18-19H,6,8,10,12H2,(H,29,33)(H,30,35)/t16-,18-,19+/m0/s1. The number of imidazole rings is 1. The van der Waals surface area contributed by atoms with Crippen molar-refractivity contribution in [2.24, 2.45) is 0 Å². The molecule has 11 heteroatoms. The number of nitrogens with zero attached hydrogens (tertiary/aromatic N) is 3. The molecular formula is C24H22ClF2N5O3. The molecule has 0 radical (unpaired) electrons. The molecule has 2 N–H and O–H groups in total. The summed E-state index contributed by atoms with van der Waals surface area (Å²) in [5.41, 5.74) is 2.00. The summed E-state index contributed by atoms with van der Waals surface area (Å²) in [6, 6.07) is 8.76. The van der Waals surface area contributed by atoms with Crippen molar-refractivity contribution in [1.82, 2.24) is 24.9 Å². The Morgan fingerprint density at radius 2 is 2.06 bits per heavy atom. The molecule has 0 unspecified atom stereocenters. The van der Waals surface area contributed by atoms with Crippen LogP contribution in [0, 0.1) is 0 Å². The van der Waals surface area contributed by atoms with Gasteiger partial charge in [-0.1, -0.05) is 23.7 Å². The van der Waals surface area contributed by atoms with Crippen molar-refractivity contribution in [3.05, 3.63) is 71.3 Å². The third-order valence-electron chi connectivity index (χ3n) is 6.60. The summed E-state index contributed by atoms with van der Waals surface area (Å²) in [6.45, 7) is 0.587. The van der Waals surface area contributed by atoms with Gasteiger partial charge in [-0.05, 0) is 36.2 Å². The zero-order valence-corrected chi connectivity index (χ0v) is 19.2. The molecule has 2 saturated heterocycles. The molecule has 3 aromatic rings. The quantitative estimate of drug-likeness (QED) is 0.574. The lowest BCUT2D eigenvalue weighted by molar-refractivity contribution is -0.139. The van der Waals surface area contributed by atoms with Crippen molar-refractivity contribution >= 4 is 34.8 Å². The number of piperidine rings is 1. The number of halogens is 3. The molecule has 3 amide bonds. The second-order valence-electron chi connectivity index (χ2n) is 8.86. The normalized spacial score (nSPS) is 23.8. The number of aromatic nitrogens is 2. The zero-order valence-electron chi connectivity index (χ0n) is 18.5. The molecule has 0 saturated carbocycles. The first-order chi connectivity index (χ1) is 16.7. The Hall–Kier alpha value is -3.53. The Labute approximate surface area is 204 Å². The Balaban J connectivity index is 1.40. The second-order valence-corrected chi connectivity index (χ2v) is 9.30. The van der Waals surface area contributed by atoms with Crippen LogP contribution in [-0.2, 0) is 9.59 Å². The Morgan fingerprint density at radius 3 is 2.80 bits per heavy atom. The molecule has 3 atom stereocenters. The average molecular weight is 502 g/mol. The number of carbonyl (C=O) groups excluding carboxylic acids is 3. The van der Waals surface area contributed by atoms with E-state index in [4.69, 9.17) is 11.6 Å². The smallest absolute Gasteiger partial charge is 0.327 e. The number of alkyl halides is 2. The fourth-order valence-electron chi connectivity index (χ4n) is 4.83. The van der Waals surface area contributed by atoms with Crippen LogP contribution in [0.25, 0.3) is 5.52 Å². The first kappa shape index (κ1) is 23.2. The highest BCUT2D eigenvalue weighted by molar-refractivity contribution is 6.30.